The fraction of sp³-hybridized carbons (Fsp3) is 0.512. The fourth-order valence-corrected chi connectivity index (χ4v) is 9.64. The Morgan fingerprint density at radius 2 is 1.79 bits per heavy atom. The molecular formula is C41H46F2N12O6. The van der Waals surface area contributed by atoms with E-state index < -0.39 is 29.9 Å². The van der Waals surface area contributed by atoms with E-state index in [4.69, 9.17) is 14.2 Å². The molecule has 320 valence electrons. The lowest BCUT2D eigenvalue weighted by Gasteiger charge is -2.37. The number of hydrogen-bond donors (Lipinski definition) is 3. The molecule has 1 unspecified atom stereocenters. The van der Waals surface area contributed by atoms with Crippen molar-refractivity contribution in [1.82, 2.24) is 44.7 Å². The van der Waals surface area contributed by atoms with E-state index in [1.807, 2.05) is 6.07 Å². The first-order chi connectivity index (χ1) is 29.6. The number of benzene rings is 1. The number of carbonyl (C=O) groups excluding carboxylic acids is 4. The molecule has 0 saturated carbocycles. The highest BCUT2D eigenvalue weighted by atomic mass is 19.3. The maximum Gasteiger partial charge on any atom is 0.284 e. The number of ether oxygens (including phenoxy) is 1. The molecule has 5 aliphatic rings. The summed E-state index contributed by atoms with van der Waals surface area (Å²) in [5.41, 5.74) is 1.34. The fourth-order valence-electron chi connectivity index (χ4n) is 9.64. The summed E-state index contributed by atoms with van der Waals surface area (Å²) < 4.78 is 42.9. The number of rotatable bonds is 11. The Bertz CT molecular complexity index is 2490. The van der Waals surface area contributed by atoms with Gasteiger partial charge in [-0.15, -0.1) is 0 Å². The summed E-state index contributed by atoms with van der Waals surface area (Å²) >= 11 is 0. The largest absolute Gasteiger partial charge is 0.374 e. The molecule has 10 rings (SSSR count). The molecule has 2 bridgehead atoms. The van der Waals surface area contributed by atoms with Gasteiger partial charge in [-0.25, -0.2) is 18.3 Å². The number of amides is 4. The van der Waals surface area contributed by atoms with Crippen molar-refractivity contribution >= 4 is 57.4 Å². The minimum atomic E-state index is -2.88. The van der Waals surface area contributed by atoms with Crippen molar-refractivity contribution in [1.29, 1.82) is 0 Å². The normalized spacial score (nSPS) is 23.1. The Labute approximate surface area is 347 Å². The summed E-state index contributed by atoms with van der Waals surface area (Å²) in [5, 5.41) is 21.3. The number of imide groups is 1. The Hall–Kier alpha value is -5.86. The van der Waals surface area contributed by atoms with Crippen LogP contribution in [0, 0.1) is 5.92 Å². The molecule has 3 atom stereocenters. The number of likely N-dealkylation sites (tertiary alicyclic amines) is 2. The van der Waals surface area contributed by atoms with Crippen LogP contribution in [0.2, 0.25) is 0 Å². The lowest BCUT2D eigenvalue weighted by molar-refractivity contribution is -0.134. The third kappa shape index (κ3) is 7.83. The summed E-state index contributed by atoms with van der Waals surface area (Å²) in [5.74, 6) is -0.877. The zero-order valence-electron chi connectivity index (χ0n) is 33.3. The van der Waals surface area contributed by atoms with E-state index in [2.05, 4.69) is 46.0 Å². The molecule has 5 saturated heterocycles. The maximum absolute atomic E-state index is 14.3. The van der Waals surface area contributed by atoms with E-state index in [1.165, 1.54) is 16.9 Å². The van der Waals surface area contributed by atoms with Crippen LogP contribution in [-0.2, 0) is 19.1 Å². The quantitative estimate of drug-likeness (QED) is 0.163. The summed E-state index contributed by atoms with van der Waals surface area (Å²) in [6, 6.07) is 7.31. The maximum atomic E-state index is 14.3. The van der Waals surface area contributed by atoms with Crippen LogP contribution < -0.4 is 20.9 Å². The van der Waals surface area contributed by atoms with Crippen molar-refractivity contribution in [2.24, 2.45) is 5.92 Å². The molecule has 4 amide bonds. The highest BCUT2D eigenvalue weighted by molar-refractivity contribution is 6.08. The van der Waals surface area contributed by atoms with Crippen molar-refractivity contribution in [3.8, 4) is 0 Å². The molecule has 18 nitrogen and oxygen atoms in total. The first kappa shape index (κ1) is 39.3. The molecule has 1 aromatic carbocycles. The van der Waals surface area contributed by atoms with Crippen LogP contribution in [0.4, 0.5) is 26.0 Å². The van der Waals surface area contributed by atoms with E-state index in [-0.39, 0.29) is 54.2 Å². The van der Waals surface area contributed by atoms with Gasteiger partial charge in [0.25, 0.3) is 12.3 Å². The molecule has 5 fully saturated rings. The van der Waals surface area contributed by atoms with Crippen molar-refractivity contribution in [3.05, 3.63) is 59.8 Å². The number of para-hydroxylation sites is 1. The summed E-state index contributed by atoms with van der Waals surface area (Å²) in [7, 11) is 0. The average molecular weight is 841 g/mol. The number of morpholine rings is 1. The Morgan fingerprint density at radius 3 is 2.54 bits per heavy atom. The number of nitrogens with one attached hydrogen (secondary N) is 3. The van der Waals surface area contributed by atoms with Crippen LogP contribution in [0.5, 0.6) is 0 Å². The SMILES string of the molecule is O=C1CCC(c2noc3c(NC(=O)CN4CCC(CN5CCC(n6cc(NC(=O)c7cnn8ccc(N9C[C@H]%10C[C@@H]9CO%10)nc78)c(C(F)F)n6)CC5)CC4)cccc23)C(=O)N1. The second-order valence-electron chi connectivity index (χ2n) is 16.8. The van der Waals surface area contributed by atoms with Gasteiger partial charge in [0.2, 0.25) is 17.7 Å². The van der Waals surface area contributed by atoms with E-state index in [1.54, 1.807) is 29.1 Å². The Morgan fingerprint density at radius 1 is 0.967 bits per heavy atom. The second-order valence-corrected chi connectivity index (χ2v) is 16.8. The summed E-state index contributed by atoms with van der Waals surface area (Å²) in [6.45, 7) is 5.65. The van der Waals surface area contributed by atoms with Crippen LogP contribution in [0.1, 0.15) is 85.1 Å². The van der Waals surface area contributed by atoms with Crippen LogP contribution in [0.25, 0.3) is 16.6 Å². The number of alkyl halides is 2. The minimum absolute atomic E-state index is 0.0266. The van der Waals surface area contributed by atoms with Gasteiger partial charge in [-0.1, -0.05) is 11.2 Å². The molecular weight excluding hydrogens is 795 g/mol. The van der Waals surface area contributed by atoms with E-state index in [0.29, 0.717) is 46.9 Å². The lowest BCUT2D eigenvalue weighted by atomic mass is 9.93. The number of hydrogen-bond acceptors (Lipinski definition) is 13. The molecule has 0 radical (unpaired) electrons. The molecule has 5 aliphatic heterocycles. The van der Waals surface area contributed by atoms with E-state index in [0.717, 1.165) is 77.2 Å². The highest BCUT2D eigenvalue weighted by Crippen LogP contribution is 2.35. The number of fused-ring (bicyclic) bond motifs is 4. The number of piperidine rings is 3. The number of carbonyl (C=O) groups is 4. The van der Waals surface area contributed by atoms with Gasteiger partial charge in [-0.05, 0) is 75.7 Å². The average Bonchev–Trinajstić information content (AvgIpc) is 4.11. The third-order valence-electron chi connectivity index (χ3n) is 12.9. The predicted octanol–water partition coefficient (Wildman–Crippen LogP) is 3.74. The summed E-state index contributed by atoms with van der Waals surface area (Å²) in [4.78, 5) is 62.2. The van der Waals surface area contributed by atoms with Gasteiger partial charge >= 0.3 is 0 Å². The lowest BCUT2D eigenvalue weighted by Crippen LogP contribution is -2.43. The molecule has 0 spiro atoms. The summed E-state index contributed by atoms with van der Waals surface area (Å²) in [6.07, 6.45) is 6.81. The smallest absolute Gasteiger partial charge is 0.284 e. The van der Waals surface area contributed by atoms with Crippen LogP contribution in [-0.4, -0.2) is 128 Å². The number of halogens is 2. The van der Waals surface area contributed by atoms with Crippen molar-refractivity contribution < 1.29 is 37.2 Å². The van der Waals surface area contributed by atoms with Gasteiger partial charge in [0.1, 0.15) is 17.1 Å². The topological polar surface area (TPSA) is 197 Å². The van der Waals surface area contributed by atoms with Crippen LogP contribution >= 0.6 is 0 Å². The minimum Gasteiger partial charge on any atom is -0.374 e. The number of anilines is 3. The van der Waals surface area contributed by atoms with Gasteiger partial charge < -0.3 is 29.7 Å². The first-order valence-corrected chi connectivity index (χ1v) is 21.0. The second kappa shape index (κ2) is 16.2. The monoisotopic (exact) mass is 840 g/mol. The van der Waals surface area contributed by atoms with Crippen molar-refractivity contribution in [3.63, 3.8) is 0 Å². The zero-order chi connectivity index (χ0) is 41.8. The Kier molecular flexibility index (Phi) is 10.4. The molecule has 5 aromatic rings. The zero-order valence-corrected chi connectivity index (χ0v) is 33.3. The van der Waals surface area contributed by atoms with Gasteiger partial charge in [0.15, 0.2) is 16.9 Å². The van der Waals surface area contributed by atoms with Crippen LogP contribution in [0.3, 0.4) is 0 Å². The molecule has 20 heteroatoms. The van der Waals surface area contributed by atoms with E-state index in [9.17, 15) is 28.0 Å². The number of nitrogens with zero attached hydrogens (tertiary/aromatic N) is 9. The van der Waals surface area contributed by atoms with Crippen LogP contribution in [0.15, 0.2) is 47.4 Å². The Balaban J connectivity index is 0.699. The highest BCUT2D eigenvalue weighted by Gasteiger charge is 2.40. The molecule has 9 heterocycles. The van der Waals surface area contributed by atoms with Gasteiger partial charge in [-0.2, -0.15) is 10.2 Å². The molecule has 4 aromatic heterocycles. The van der Waals surface area contributed by atoms with Crippen molar-refractivity contribution in [2.75, 3.05) is 68.0 Å². The predicted molar refractivity (Wildman–Crippen MR) is 215 cm³/mol. The van der Waals surface area contributed by atoms with Gasteiger partial charge in [0.05, 0.1) is 54.8 Å². The molecule has 0 aliphatic carbocycles. The molecule has 61 heavy (non-hydrogen) atoms. The number of aromatic nitrogens is 6. The molecule has 3 N–H and O–H groups in total. The first-order valence-electron chi connectivity index (χ1n) is 21.0. The standard InChI is InChI=1S/C41H46F2N12O6/c42-38(43)36-31(46-41(59)29-17-44-54-15-10-32(47-39(29)54)53-19-26-16-25(53)22-60-26)20-55(49-36)24-8-13-51(14-9-24)18-23-6-11-52(12-7-23)21-34(57)45-30-3-1-2-27-35(50-61-37(27)30)28-4-5-33(56)48-40(28)58/h1-3,10,15,17,20,23-26,28,38H,4-9,11-14,16,18-19,21-22H2,(H,45,57)(H,46,59)(H,48,56,58)/t25-,26-,28?/m1/s1. The van der Waals surface area contributed by atoms with E-state index >= 15 is 0 Å². The van der Waals surface area contributed by atoms with Gasteiger partial charge in [0, 0.05) is 50.4 Å². The third-order valence-corrected chi connectivity index (χ3v) is 12.9. The van der Waals surface area contributed by atoms with Crippen molar-refractivity contribution in [2.45, 2.75) is 75.5 Å². The van der Waals surface area contributed by atoms with Gasteiger partial charge in [-0.3, -0.25) is 34.1 Å².